The topological polar surface area (TPSA) is 101 Å². The number of nitrogens with two attached hydrogens (primary N) is 1. The molecule has 0 aliphatic rings. The normalized spacial score (nSPS) is 11.2. The Hall–Kier alpha value is -0.660. The predicted molar refractivity (Wildman–Crippen MR) is 49.5 cm³/mol. The third kappa shape index (κ3) is 9.25. The molecule has 0 unspecified atom stereocenters. The van der Waals surface area contributed by atoms with Crippen LogP contribution in [0.5, 0.6) is 0 Å². The molecule has 0 aromatic carbocycles. The lowest BCUT2D eigenvalue weighted by Gasteiger charge is -2.03. The van der Waals surface area contributed by atoms with E-state index < -0.39 is 10.0 Å². The zero-order valence-corrected chi connectivity index (χ0v) is 8.36. The average Bonchev–Trinajstić information content (AvgIpc) is 2.01. The molecule has 0 saturated heterocycles. The minimum Gasteiger partial charge on any atom is -0.355 e. The standard InChI is InChI=1S/C6H15N3O3S/c1-13(11,12)9-4-2-3-8-6(10)5-7/h9H,2-5,7H2,1H3,(H,8,10). The second-order valence-electron chi connectivity index (χ2n) is 2.57. The average molecular weight is 209 g/mol. The second kappa shape index (κ2) is 5.90. The van der Waals surface area contributed by atoms with Gasteiger partial charge in [0.1, 0.15) is 0 Å². The van der Waals surface area contributed by atoms with Crippen molar-refractivity contribution in [3.63, 3.8) is 0 Å². The van der Waals surface area contributed by atoms with E-state index in [4.69, 9.17) is 5.73 Å². The largest absolute Gasteiger partial charge is 0.355 e. The maximum atomic E-state index is 10.6. The van der Waals surface area contributed by atoms with Crippen molar-refractivity contribution >= 4 is 15.9 Å². The van der Waals surface area contributed by atoms with Crippen LogP contribution in [0.2, 0.25) is 0 Å². The summed E-state index contributed by atoms with van der Waals surface area (Å²) in [7, 11) is -3.12. The van der Waals surface area contributed by atoms with Crippen LogP contribution in [0, 0.1) is 0 Å². The Kier molecular flexibility index (Phi) is 5.60. The molecule has 0 aromatic heterocycles. The highest BCUT2D eigenvalue weighted by Gasteiger charge is 1.99. The van der Waals surface area contributed by atoms with Crippen molar-refractivity contribution in [3.05, 3.63) is 0 Å². The molecule has 0 atom stereocenters. The summed E-state index contributed by atoms with van der Waals surface area (Å²) in [6.45, 7) is 0.710. The lowest BCUT2D eigenvalue weighted by Crippen LogP contribution is -2.33. The van der Waals surface area contributed by atoms with E-state index in [-0.39, 0.29) is 12.5 Å². The van der Waals surface area contributed by atoms with E-state index in [1.807, 2.05) is 0 Å². The Balaban J connectivity index is 3.33. The van der Waals surface area contributed by atoms with E-state index >= 15 is 0 Å². The van der Waals surface area contributed by atoms with Crippen LogP contribution in [0.1, 0.15) is 6.42 Å². The molecule has 0 saturated carbocycles. The summed E-state index contributed by atoms with van der Waals surface area (Å²) in [5, 5.41) is 2.52. The lowest BCUT2D eigenvalue weighted by atomic mass is 10.4. The number of nitrogens with one attached hydrogen (secondary N) is 2. The van der Waals surface area contributed by atoms with Crippen LogP contribution < -0.4 is 15.8 Å². The van der Waals surface area contributed by atoms with Gasteiger partial charge in [0, 0.05) is 13.1 Å². The Morgan fingerprint density at radius 3 is 2.46 bits per heavy atom. The second-order valence-corrected chi connectivity index (χ2v) is 4.41. The highest BCUT2D eigenvalue weighted by atomic mass is 32.2. The first kappa shape index (κ1) is 12.3. The molecule has 4 N–H and O–H groups in total. The van der Waals surface area contributed by atoms with Gasteiger partial charge in [0.05, 0.1) is 12.8 Å². The van der Waals surface area contributed by atoms with Crippen LogP contribution in [0.3, 0.4) is 0 Å². The van der Waals surface area contributed by atoms with E-state index in [1.54, 1.807) is 0 Å². The Morgan fingerprint density at radius 2 is 2.00 bits per heavy atom. The molecule has 6 nitrogen and oxygen atoms in total. The predicted octanol–water partition coefficient (Wildman–Crippen LogP) is -2.00. The van der Waals surface area contributed by atoms with Crippen molar-refractivity contribution in [2.75, 3.05) is 25.9 Å². The van der Waals surface area contributed by atoms with Crippen molar-refractivity contribution in [2.45, 2.75) is 6.42 Å². The highest BCUT2D eigenvalue weighted by Crippen LogP contribution is 1.77. The van der Waals surface area contributed by atoms with Crippen LogP contribution in [-0.4, -0.2) is 40.2 Å². The number of amides is 1. The van der Waals surface area contributed by atoms with Crippen molar-refractivity contribution in [2.24, 2.45) is 5.73 Å². The van der Waals surface area contributed by atoms with Crippen LogP contribution >= 0.6 is 0 Å². The van der Waals surface area contributed by atoms with Gasteiger partial charge in [-0.1, -0.05) is 0 Å². The fourth-order valence-corrected chi connectivity index (χ4v) is 1.16. The third-order valence-corrected chi connectivity index (χ3v) is 1.95. The van der Waals surface area contributed by atoms with Gasteiger partial charge in [-0.3, -0.25) is 4.79 Å². The van der Waals surface area contributed by atoms with Crippen LogP contribution in [0.4, 0.5) is 0 Å². The van der Waals surface area contributed by atoms with Crippen molar-refractivity contribution < 1.29 is 13.2 Å². The Bertz CT molecular complexity index is 250. The maximum absolute atomic E-state index is 10.6. The van der Waals surface area contributed by atoms with Gasteiger partial charge >= 0.3 is 0 Å². The molecule has 0 aliphatic heterocycles. The molecule has 7 heteroatoms. The van der Waals surface area contributed by atoms with Crippen molar-refractivity contribution in [1.29, 1.82) is 0 Å². The van der Waals surface area contributed by atoms with Gasteiger partial charge in [0.25, 0.3) is 0 Å². The van der Waals surface area contributed by atoms with Crippen molar-refractivity contribution in [1.82, 2.24) is 10.0 Å². The summed E-state index contributed by atoms with van der Waals surface area (Å²) >= 11 is 0. The number of carbonyl (C=O) groups is 1. The quantitative estimate of drug-likeness (QED) is 0.440. The smallest absolute Gasteiger partial charge is 0.233 e. The van der Waals surface area contributed by atoms with Gasteiger partial charge in [0.15, 0.2) is 0 Å². The molecule has 0 fully saturated rings. The summed E-state index contributed by atoms with van der Waals surface area (Å²) in [6, 6.07) is 0. The maximum Gasteiger partial charge on any atom is 0.233 e. The molecule has 0 rings (SSSR count). The monoisotopic (exact) mass is 209 g/mol. The van der Waals surface area contributed by atoms with Crippen LogP contribution in [0.15, 0.2) is 0 Å². The fraction of sp³-hybridized carbons (Fsp3) is 0.833. The first-order valence-electron chi connectivity index (χ1n) is 3.87. The van der Waals surface area contributed by atoms with E-state index in [9.17, 15) is 13.2 Å². The summed E-state index contributed by atoms with van der Waals surface area (Å²) in [5.41, 5.74) is 5.03. The molecule has 0 aromatic rings. The number of rotatable bonds is 6. The van der Waals surface area contributed by atoms with Gasteiger partial charge in [0.2, 0.25) is 15.9 Å². The molecule has 0 heterocycles. The van der Waals surface area contributed by atoms with Crippen molar-refractivity contribution in [3.8, 4) is 0 Å². The van der Waals surface area contributed by atoms with Gasteiger partial charge in [-0.25, -0.2) is 13.1 Å². The van der Waals surface area contributed by atoms with Gasteiger partial charge < -0.3 is 11.1 Å². The Labute approximate surface area is 77.9 Å². The molecule has 0 radical (unpaired) electrons. The third-order valence-electron chi connectivity index (χ3n) is 1.23. The molecule has 0 spiro atoms. The first-order chi connectivity index (χ1) is 5.95. The van der Waals surface area contributed by atoms with E-state index in [0.29, 0.717) is 19.5 Å². The fourth-order valence-electron chi connectivity index (χ4n) is 0.646. The van der Waals surface area contributed by atoms with Crippen LogP contribution in [-0.2, 0) is 14.8 Å². The van der Waals surface area contributed by atoms with Gasteiger partial charge in [-0.2, -0.15) is 0 Å². The summed E-state index contributed by atoms with van der Waals surface area (Å²) in [6.07, 6.45) is 1.64. The van der Waals surface area contributed by atoms with Crippen LogP contribution in [0.25, 0.3) is 0 Å². The van der Waals surface area contributed by atoms with E-state index in [1.165, 1.54) is 0 Å². The molecule has 1 amide bonds. The molecule has 0 aliphatic carbocycles. The molecule has 13 heavy (non-hydrogen) atoms. The number of carbonyl (C=O) groups excluding carboxylic acids is 1. The molecular weight excluding hydrogens is 194 g/mol. The molecule has 0 bridgehead atoms. The summed E-state index contributed by atoms with van der Waals surface area (Å²) in [5.74, 6) is -0.237. The van der Waals surface area contributed by atoms with E-state index in [2.05, 4.69) is 10.0 Å². The van der Waals surface area contributed by atoms with Gasteiger partial charge in [-0.15, -0.1) is 0 Å². The lowest BCUT2D eigenvalue weighted by molar-refractivity contribution is -0.119. The summed E-state index contributed by atoms with van der Waals surface area (Å²) < 4.78 is 23.4. The minimum absolute atomic E-state index is 0.0422. The number of hydrogen-bond acceptors (Lipinski definition) is 4. The van der Waals surface area contributed by atoms with Gasteiger partial charge in [-0.05, 0) is 6.42 Å². The number of sulfonamides is 1. The number of hydrogen-bond donors (Lipinski definition) is 3. The molecular formula is C6H15N3O3S. The first-order valence-corrected chi connectivity index (χ1v) is 5.76. The zero-order chi connectivity index (χ0) is 10.3. The Morgan fingerprint density at radius 1 is 1.38 bits per heavy atom. The minimum atomic E-state index is -3.12. The highest BCUT2D eigenvalue weighted by molar-refractivity contribution is 7.88. The molecule has 78 valence electrons. The van der Waals surface area contributed by atoms with E-state index in [0.717, 1.165) is 6.26 Å². The SMILES string of the molecule is CS(=O)(=O)NCCCNC(=O)CN. The summed E-state index contributed by atoms with van der Waals surface area (Å²) in [4.78, 5) is 10.6. The zero-order valence-electron chi connectivity index (χ0n) is 7.54.